The van der Waals surface area contributed by atoms with Gasteiger partial charge in [0.15, 0.2) is 5.72 Å². The Labute approximate surface area is 188 Å². The molecule has 6 nitrogen and oxygen atoms in total. The van der Waals surface area contributed by atoms with Gasteiger partial charge in [-0.1, -0.05) is 34.1 Å². The Morgan fingerprint density at radius 3 is 2.68 bits per heavy atom. The van der Waals surface area contributed by atoms with E-state index in [0.717, 1.165) is 15.6 Å². The number of carbonyl (C=O) groups excluding carboxylic acids is 2. The maximum absolute atomic E-state index is 13.2. The fourth-order valence-corrected chi connectivity index (χ4v) is 4.44. The molecule has 0 aromatic heterocycles. The van der Waals surface area contributed by atoms with Crippen LogP contribution in [0.25, 0.3) is 6.08 Å². The summed E-state index contributed by atoms with van der Waals surface area (Å²) in [6, 6.07) is 12.5. The van der Waals surface area contributed by atoms with Crippen LogP contribution >= 0.6 is 15.9 Å². The molecule has 2 aliphatic rings. The molecule has 1 N–H and O–H groups in total. The number of amides is 1. The van der Waals surface area contributed by atoms with E-state index in [1.54, 1.807) is 42.3 Å². The van der Waals surface area contributed by atoms with E-state index in [2.05, 4.69) is 15.9 Å². The van der Waals surface area contributed by atoms with Crippen LogP contribution in [-0.4, -0.2) is 41.8 Å². The Balaban J connectivity index is 1.72. The highest BCUT2D eigenvalue weighted by atomic mass is 79.9. The number of hydrogen-bond donors (Lipinski definition) is 1. The first-order chi connectivity index (χ1) is 14.7. The number of aliphatic hydroxyl groups is 1. The molecule has 2 unspecified atom stereocenters. The summed E-state index contributed by atoms with van der Waals surface area (Å²) in [5, 5.41) is 10.9. The van der Waals surface area contributed by atoms with Gasteiger partial charge >= 0.3 is 5.97 Å². The minimum Gasteiger partial charge on any atom is -0.507 e. The summed E-state index contributed by atoms with van der Waals surface area (Å²) in [4.78, 5) is 26.3. The molecule has 2 bridgehead atoms. The Bertz CT molecular complexity index is 1120. The van der Waals surface area contributed by atoms with E-state index < -0.39 is 11.7 Å². The number of ether oxygens (including phenoxy) is 2. The van der Waals surface area contributed by atoms with Crippen molar-refractivity contribution in [3.05, 3.63) is 81.0 Å². The Kier molecular flexibility index (Phi) is 5.39. The maximum Gasteiger partial charge on any atom is 0.337 e. The molecule has 2 heterocycles. The monoisotopic (exact) mass is 483 g/mol. The number of piperidine rings is 1. The molecule has 1 amide bonds. The lowest BCUT2D eigenvalue weighted by atomic mass is 9.77. The maximum atomic E-state index is 13.2. The lowest BCUT2D eigenvalue weighted by molar-refractivity contribution is -0.153. The van der Waals surface area contributed by atoms with E-state index in [1.807, 2.05) is 25.1 Å². The Hall–Kier alpha value is -3.06. The molecule has 31 heavy (non-hydrogen) atoms. The van der Waals surface area contributed by atoms with E-state index in [0.29, 0.717) is 23.3 Å². The second-order valence-corrected chi connectivity index (χ2v) is 8.74. The third-order valence-electron chi connectivity index (χ3n) is 5.89. The van der Waals surface area contributed by atoms with Gasteiger partial charge in [-0.05, 0) is 48.9 Å². The van der Waals surface area contributed by atoms with Crippen LogP contribution in [0.15, 0.2) is 64.3 Å². The van der Waals surface area contributed by atoms with E-state index in [4.69, 9.17) is 9.47 Å². The van der Waals surface area contributed by atoms with Gasteiger partial charge in [0.1, 0.15) is 11.5 Å². The standard InChI is InChI=1S/C24H22BrNO5/c1-24-13-18(17-12-16(25)9-11-20(17)31-24)21(22(28)26(24)2)19(27)10-6-14-4-7-15(8-5-14)23(29)30-3/h4-12,18,27H,13H2,1-3H3/b10-6?,21-19+. The van der Waals surface area contributed by atoms with Gasteiger partial charge in [-0.3, -0.25) is 4.79 Å². The van der Waals surface area contributed by atoms with Crippen molar-refractivity contribution >= 4 is 33.9 Å². The van der Waals surface area contributed by atoms with Crippen molar-refractivity contribution in [1.82, 2.24) is 4.90 Å². The number of hydrogen-bond acceptors (Lipinski definition) is 5. The average Bonchev–Trinajstić information content (AvgIpc) is 2.76. The number of halogens is 1. The summed E-state index contributed by atoms with van der Waals surface area (Å²) in [6.07, 6.45) is 3.76. The molecule has 4 rings (SSSR count). The van der Waals surface area contributed by atoms with Crippen molar-refractivity contribution in [2.45, 2.75) is 25.0 Å². The molecular weight excluding hydrogens is 462 g/mol. The minimum atomic E-state index is -0.778. The van der Waals surface area contributed by atoms with Crippen molar-refractivity contribution in [2.75, 3.05) is 14.2 Å². The number of allylic oxidation sites excluding steroid dienone is 1. The number of likely N-dealkylation sites (tertiary alicyclic amines) is 1. The third kappa shape index (κ3) is 3.74. The van der Waals surface area contributed by atoms with Crippen LogP contribution in [0.2, 0.25) is 0 Å². The van der Waals surface area contributed by atoms with Gasteiger partial charge in [-0.2, -0.15) is 0 Å². The summed E-state index contributed by atoms with van der Waals surface area (Å²) >= 11 is 3.48. The Morgan fingerprint density at radius 1 is 1.29 bits per heavy atom. The van der Waals surface area contributed by atoms with Crippen LogP contribution in [0.1, 0.15) is 40.7 Å². The first-order valence-corrected chi connectivity index (χ1v) is 10.6. The van der Waals surface area contributed by atoms with Gasteiger partial charge in [-0.25, -0.2) is 4.79 Å². The number of likely N-dealkylation sites (N-methyl/N-ethyl adjacent to an activating group) is 1. The minimum absolute atomic E-state index is 0.0891. The average molecular weight is 484 g/mol. The number of carbonyl (C=O) groups is 2. The number of esters is 1. The molecule has 7 heteroatoms. The second kappa shape index (κ2) is 7.89. The fraction of sp³-hybridized carbons (Fsp3) is 0.250. The third-order valence-corrected chi connectivity index (χ3v) is 6.39. The molecule has 0 radical (unpaired) electrons. The molecule has 160 valence electrons. The normalized spacial score (nSPS) is 23.9. The lowest BCUT2D eigenvalue weighted by Crippen LogP contribution is -2.59. The molecule has 1 fully saturated rings. The quantitative estimate of drug-likeness (QED) is 0.384. The van der Waals surface area contributed by atoms with Crippen LogP contribution < -0.4 is 4.74 Å². The molecule has 2 atom stereocenters. The van der Waals surface area contributed by atoms with Gasteiger partial charge in [0.05, 0.1) is 18.2 Å². The molecular formula is C24H22BrNO5. The molecule has 2 aromatic rings. The predicted molar refractivity (Wildman–Crippen MR) is 120 cm³/mol. The fourth-order valence-electron chi connectivity index (χ4n) is 4.06. The van der Waals surface area contributed by atoms with Crippen molar-refractivity contribution in [3.63, 3.8) is 0 Å². The van der Waals surface area contributed by atoms with Gasteiger partial charge in [0.2, 0.25) is 0 Å². The summed E-state index contributed by atoms with van der Waals surface area (Å²) in [5.74, 6) is -0.361. The van der Waals surface area contributed by atoms with Gasteiger partial charge in [0, 0.05) is 29.4 Å². The van der Waals surface area contributed by atoms with Crippen LogP contribution in [-0.2, 0) is 9.53 Å². The zero-order chi connectivity index (χ0) is 22.3. The number of rotatable bonds is 3. The number of fused-ring (bicyclic) bond motifs is 4. The van der Waals surface area contributed by atoms with Crippen molar-refractivity contribution in [3.8, 4) is 5.75 Å². The predicted octanol–water partition coefficient (Wildman–Crippen LogP) is 4.82. The summed E-state index contributed by atoms with van der Waals surface area (Å²) in [6.45, 7) is 1.88. The molecule has 0 saturated carbocycles. The molecule has 2 aliphatic heterocycles. The lowest BCUT2D eigenvalue weighted by Gasteiger charge is -2.50. The largest absolute Gasteiger partial charge is 0.507 e. The highest BCUT2D eigenvalue weighted by Gasteiger charge is 2.51. The highest BCUT2D eigenvalue weighted by Crippen LogP contribution is 2.50. The number of aliphatic hydroxyl groups excluding tert-OH is 1. The SMILES string of the molecule is COC(=O)c1ccc(C=C/C(O)=C2\C(=O)N(C)C3(C)CC2c2cc(Br)ccc2O3)cc1. The number of nitrogens with zero attached hydrogens (tertiary/aromatic N) is 1. The molecule has 0 spiro atoms. The molecule has 0 aliphatic carbocycles. The summed E-state index contributed by atoms with van der Waals surface area (Å²) in [5.41, 5.74) is 1.64. The summed E-state index contributed by atoms with van der Waals surface area (Å²) in [7, 11) is 3.02. The molecule has 2 aromatic carbocycles. The number of benzene rings is 2. The van der Waals surface area contributed by atoms with Crippen molar-refractivity contribution in [1.29, 1.82) is 0 Å². The van der Waals surface area contributed by atoms with Crippen LogP contribution in [0.3, 0.4) is 0 Å². The van der Waals surface area contributed by atoms with E-state index >= 15 is 0 Å². The smallest absolute Gasteiger partial charge is 0.337 e. The van der Waals surface area contributed by atoms with Crippen LogP contribution in [0.5, 0.6) is 5.75 Å². The van der Waals surface area contributed by atoms with E-state index in [1.165, 1.54) is 13.2 Å². The van der Waals surface area contributed by atoms with Crippen LogP contribution in [0.4, 0.5) is 0 Å². The van der Waals surface area contributed by atoms with Crippen LogP contribution in [0, 0.1) is 0 Å². The zero-order valence-corrected chi connectivity index (χ0v) is 19.0. The highest BCUT2D eigenvalue weighted by molar-refractivity contribution is 9.10. The van der Waals surface area contributed by atoms with Gasteiger partial charge < -0.3 is 19.5 Å². The Morgan fingerprint density at radius 2 is 2.00 bits per heavy atom. The van der Waals surface area contributed by atoms with Gasteiger partial charge in [0.25, 0.3) is 5.91 Å². The first kappa shape index (κ1) is 21.2. The zero-order valence-electron chi connectivity index (χ0n) is 17.4. The number of methoxy groups -OCH3 is 1. The van der Waals surface area contributed by atoms with Crippen molar-refractivity contribution < 1.29 is 24.2 Å². The molecule has 1 saturated heterocycles. The van der Waals surface area contributed by atoms with E-state index in [-0.39, 0.29) is 17.6 Å². The van der Waals surface area contributed by atoms with E-state index in [9.17, 15) is 14.7 Å². The topological polar surface area (TPSA) is 76.1 Å². The second-order valence-electron chi connectivity index (χ2n) is 7.83. The van der Waals surface area contributed by atoms with Crippen molar-refractivity contribution in [2.24, 2.45) is 0 Å². The first-order valence-electron chi connectivity index (χ1n) is 9.80. The summed E-state index contributed by atoms with van der Waals surface area (Å²) < 4.78 is 11.7. The van der Waals surface area contributed by atoms with Gasteiger partial charge in [-0.15, -0.1) is 0 Å².